The van der Waals surface area contributed by atoms with Gasteiger partial charge in [0.25, 0.3) is 11.1 Å². The fraction of sp³-hybridized carbons (Fsp3) is 0.0476. The number of halogens is 1. The number of para-hydroxylation sites is 1. The molecule has 4 rings (SSSR count). The van der Waals surface area contributed by atoms with Crippen LogP contribution in [0.25, 0.3) is 17.0 Å². The molecule has 150 valence electrons. The van der Waals surface area contributed by atoms with Crippen LogP contribution < -0.4 is 10.9 Å². The number of carbonyl (C=O) groups is 3. The Kier molecular flexibility index (Phi) is 5.20. The maximum absolute atomic E-state index is 12.9. The van der Waals surface area contributed by atoms with Crippen molar-refractivity contribution in [2.75, 3.05) is 11.9 Å². The highest BCUT2D eigenvalue weighted by molar-refractivity contribution is 8.18. The van der Waals surface area contributed by atoms with E-state index in [4.69, 9.17) is 4.42 Å². The Balaban J connectivity index is 1.52. The van der Waals surface area contributed by atoms with Crippen LogP contribution in [0.1, 0.15) is 5.56 Å². The molecule has 9 heteroatoms. The van der Waals surface area contributed by atoms with E-state index in [1.165, 1.54) is 30.3 Å². The number of thioether (sulfide) groups is 1. The standard InChI is InChI=1S/C21H13FN2O5S/c22-14-5-7-15(8-6-14)23-18(25)11-24-19(26)17(30-21(24)28)10-13-9-12-3-1-2-4-16(12)29-20(13)27/h1-10H,11H2,(H,23,25)/b17-10+. The Hall–Kier alpha value is -3.72. The van der Waals surface area contributed by atoms with Crippen molar-refractivity contribution in [1.29, 1.82) is 0 Å². The van der Waals surface area contributed by atoms with Gasteiger partial charge in [0.05, 0.1) is 10.5 Å². The van der Waals surface area contributed by atoms with Gasteiger partial charge in [-0.15, -0.1) is 0 Å². The van der Waals surface area contributed by atoms with E-state index in [0.717, 1.165) is 4.90 Å². The highest BCUT2D eigenvalue weighted by Gasteiger charge is 2.36. The van der Waals surface area contributed by atoms with Gasteiger partial charge in [0.15, 0.2) is 0 Å². The van der Waals surface area contributed by atoms with Gasteiger partial charge in [-0.05, 0) is 54.2 Å². The summed E-state index contributed by atoms with van der Waals surface area (Å²) in [5, 5.41) is 2.52. The maximum atomic E-state index is 12.9. The number of imide groups is 1. The van der Waals surface area contributed by atoms with Crippen molar-refractivity contribution >= 4 is 51.5 Å². The molecule has 0 unspecified atom stereocenters. The summed E-state index contributed by atoms with van der Waals surface area (Å²) in [6.07, 6.45) is 1.28. The van der Waals surface area contributed by atoms with E-state index >= 15 is 0 Å². The second kappa shape index (κ2) is 7.96. The first kappa shape index (κ1) is 19.6. The summed E-state index contributed by atoms with van der Waals surface area (Å²) >= 11 is 0.629. The van der Waals surface area contributed by atoms with Crippen molar-refractivity contribution in [2.45, 2.75) is 0 Å². The van der Waals surface area contributed by atoms with E-state index in [1.54, 1.807) is 30.3 Å². The van der Waals surface area contributed by atoms with Crippen molar-refractivity contribution < 1.29 is 23.2 Å². The molecule has 0 bridgehead atoms. The Morgan fingerprint density at radius 3 is 2.60 bits per heavy atom. The molecule has 3 amide bonds. The van der Waals surface area contributed by atoms with E-state index in [1.807, 2.05) is 0 Å². The van der Waals surface area contributed by atoms with Crippen LogP contribution in [-0.4, -0.2) is 28.5 Å². The number of anilines is 1. The van der Waals surface area contributed by atoms with Crippen LogP contribution >= 0.6 is 11.8 Å². The van der Waals surface area contributed by atoms with Gasteiger partial charge in [0.2, 0.25) is 5.91 Å². The van der Waals surface area contributed by atoms with Gasteiger partial charge < -0.3 is 9.73 Å². The molecular formula is C21H13FN2O5S. The van der Waals surface area contributed by atoms with Crippen LogP contribution in [0.15, 0.2) is 68.7 Å². The first-order chi connectivity index (χ1) is 14.4. The Morgan fingerprint density at radius 1 is 1.10 bits per heavy atom. The molecule has 0 aliphatic carbocycles. The van der Waals surface area contributed by atoms with Crippen LogP contribution in [0.2, 0.25) is 0 Å². The molecule has 3 aromatic rings. The fourth-order valence-electron chi connectivity index (χ4n) is 2.83. The molecular weight excluding hydrogens is 411 g/mol. The minimum Gasteiger partial charge on any atom is -0.422 e. The van der Waals surface area contributed by atoms with E-state index in [-0.39, 0.29) is 10.5 Å². The Bertz CT molecular complexity index is 1270. The maximum Gasteiger partial charge on any atom is 0.343 e. The van der Waals surface area contributed by atoms with Crippen LogP contribution in [0.3, 0.4) is 0 Å². The van der Waals surface area contributed by atoms with Crippen LogP contribution in [0.5, 0.6) is 0 Å². The summed E-state index contributed by atoms with van der Waals surface area (Å²) in [6, 6.07) is 13.5. The number of amides is 3. The van der Waals surface area contributed by atoms with Crippen LogP contribution in [-0.2, 0) is 9.59 Å². The van der Waals surface area contributed by atoms with Crippen molar-refractivity contribution in [3.63, 3.8) is 0 Å². The molecule has 2 aromatic carbocycles. The lowest BCUT2D eigenvalue weighted by Crippen LogP contribution is -2.36. The predicted octanol–water partition coefficient (Wildman–Crippen LogP) is 3.61. The molecule has 1 fully saturated rings. The largest absolute Gasteiger partial charge is 0.422 e. The second-order valence-corrected chi connectivity index (χ2v) is 7.34. The molecule has 1 saturated heterocycles. The zero-order valence-electron chi connectivity index (χ0n) is 15.3. The highest BCUT2D eigenvalue weighted by Crippen LogP contribution is 2.32. The van der Waals surface area contributed by atoms with Crippen LogP contribution in [0, 0.1) is 5.82 Å². The number of nitrogens with zero attached hydrogens (tertiary/aromatic N) is 1. The molecule has 0 spiro atoms. The van der Waals surface area contributed by atoms with E-state index in [0.29, 0.717) is 28.4 Å². The monoisotopic (exact) mass is 424 g/mol. The van der Waals surface area contributed by atoms with Gasteiger partial charge in [-0.2, -0.15) is 0 Å². The van der Waals surface area contributed by atoms with Crippen molar-refractivity contribution in [2.24, 2.45) is 0 Å². The molecule has 1 aliphatic rings. The topological polar surface area (TPSA) is 96.7 Å². The van der Waals surface area contributed by atoms with E-state index in [9.17, 15) is 23.6 Å². The first-order valence-electron chi connectivity index (χ1n) is 8.74. The highest BCUT2D eigenvalue weighted by atomic mass is 32.2. The zero-order valence-corrected chi connectivity index (χ0v) is 16.1. The van der Waals surface area contributed by atoms with Gasteiger partial charge in [0.1, 0.15) is 17.9 Å². The molecule has 2 heterocycles. The Morgan fingerprint density at radius 2 is 1.83 bits per heavy atom. The molecule has 0 radical (unpaired) electrons. The summed E-state index contributed by atoms with van der Waals surface area (Å²) in [5.41, 5.74) is 0.215. The summed E-state index contributed by atoms with van der Waals surface area (Å²) in [5.74, 6) is -1.76. The minimum absolute atomic E-state index is 0.0113. The van der Waals surface area contributed by atoms with Crippen molar-refractivity contribution in [3.8, 4) is 0 Å². The van der Waals surface area contributed by atoms with Crippen LogP contribution in [0.4, 0.5) is 14.9 Å². The summed E-state index contributed by atoms with van der Waals surface area (Å²) in [7, 11) is 0. The van der Waals surface area contributed by atoms with E-state index < -0.39 is 35.0 Å². The predicted molar refractivity (Wildman–Crippen MR) is 110 cm³/mol. The molecule has 0 saturated carbocycles. The normalized spacial score (nSPS) is 15.2. The molecule has 1 aliphatic heterocycles. The zero-order chi connectivity index (χ0) is 21.3. The average molecular weight is 424 g/mol. The van der Waals surface area contributed by atoms with Gasteiger partial charge in [-0.3, -0.25) is 19.3 Å². The number of fused-ring (bicyclic) bond motifs is 1. The van der Waals surface area contributed by atoms with Gasteiger partial charge in [-0.1, -0.05) is 18.2 Å². The summed E-state index contributed by atoms with van der Waals surface area (Å²) in [4.78, 5) is 49.9. The minimum atomic E-state index is -0.688. The number of hydrogen-bond donors (Lipinski definition) is 1. The van der Waals surface area contributed by atoms with Gasteiger partial charge in [-0.25, -0.2) is 9.18 Å². The SMILES string of the molecule is O=C(CN1C(=O)S/C(=C/c2cc3ccccc3oc2=O)C1=O)Nc1ccc(F)cc1. The third-order valence-electron chi connectivity index (χ3n) is 4.26. The summed E-state index contributed by atoms with van der Waals surface area (Å²) < 4.78 is 18.2. The number of hydrogen-bond acceptors (Lipinski definition) is 6. The molecule has 0 atom stereocenters. The number of benzene rings is 2. The van der Waals surface area contributed by atoms with Gasteiger partial charge in [0, 0.05) is 11.1 Å². The molecule has 1 aromatic heterocycles. The lowest BCUT2D eigenvalue weighted by atomic mass is 10.2. The number of nitrogens with one attached hydrogen (secondary N) is 1. The average Bonchev–Trinajstić information content (AvgIpc) is 2.97. The lowest BCUT2D eigenvalue weighted by Gasteiger charge is -2.12. The molecule has 7 nitrogen and oxygen atoms in total. The van der Waals surface area contributed by atoms with E-state index in [2.05, 4.69) is 5.32 Å². The molecule has 30 heavy (non-hydrogen) atoms. The van der Waals surface area contributed by atoms with Gasteiger partial charge >= 0.3 is 5.63 Å². The third-order valence-corrected chi connectivity index (χ3v) is 5.17. The second-order valence-electron chi connectivity index (χ2n) is 6.35. The third kappa shape index (κ3) is 4.01. The number of rotatable bonds is 4. The first-order valence-corrected chi connectivity index (χ1v) is 9.56. The van der Waals surface area contributed by atoms with Crippen molar-refractivity contribution in [1.82, 2.24) is 4.90 Å². The fourth-order valence-corrected chi connectivity index (χ4v) is 3.66. The lowest BCUT2D eigenvalue weighted by molar-refractivity contribution is -0.127. The summed E-state index contributed by atoms with van der Waals surface area (Å²) in [6.45, 7) is -0.508. The van der Waals surface area contributed by atoms with Crippen molar-refractivity contribution in [3.05, 3.63) is 81.3 Å². The number of carbonyl (C=O) groups excluding carboxylic acids is 3. The Labute approximate surface area is 173 Å². The quantitative estimate of drug-likeness (QED) is 0.508. The molecule has 1 N–H and O–H groups in total. The smallest absolute Gasteiger partial charge is 0.343 e.